The standard InChI is InChI=1S/C13H28N2O2/c1-11(2)7-12(10-16)14-8-13(17)9-15-5-3-4-6-15/h11-14,16-17H,3-10H2,1-2H3. The SMILES string of the molecule is CC(C)CC(CO)NCC(O)CN1CCCC1. The lowest BCUT2D eigenvalue weighted by Crippen LogP contribution is -2.42. The Hall–Kier alpha value is -0.160. The number of nitrogens with one attached hydrogen (secondary N) is 1. The highest BCUT2D eigenvalue weighted by molar-refractivity contribution is 4.74. The Bertz CT molecular complexity index is 194. The normalized spacial score (nSPS) is 21.0. The number of aliphatic hydroxyl groups excluding tert-OH is 2. The summed E-state index contributed by atoms with van der Waals surface area (Å²) in [6, 6.07) is 0.114. The Balaban J connectivity index is 2.14. The van der Waals surface area contributed by atoms with Crippen LogP contribution >= 0.6 is 0 Å². The number of nitrogens with zero attached hydrogens (tertiary/aromatic N) is 1. The van der Waals surface area contributed by atoms with Crippen LogP contribution in [0.5, 0.6) is 0 Å². The number of aliphatic hydroxyl groups is 2. The number of hydrogen-bond acceptors (Lipinski definition) is 4. The fourth-order valence-electron chi connectivity index (χ4n) is 2.42. The summed E-state index contributed by atoms with van der Waals surface area (Å²) >= 11 is 0. The third-order valence-electron chi connectivity index (χ3n) is 3.29. The number of rotatable bonds is 8. The Morgan fingerprint density at radius 1 is 1.24 bits per heavy atom. The molecule has 2 unspecified atom stereocenters. The van der Waals surface area contributed by atoms with Crippen molar-refractivity contribution in [3.63, 3.8) is 0 Å². The zero-order valence-electron chi connectivity index (χ0n) is 11.2. The van der Waals surface area contributed by atoms with Crippen LogP contribution in [0.2, 0.25) is 0 Å². The van der Waals surface area contributed by atoms with E-state index in [0.29, 0.717) is 12.5 Å². The highest BCUT2D eigenvalue weighted by atomic mass is 16.3. The number of likely N-dealkylation sites (tertiary alicyclic amines) is 1. The van der Waals surface area contributed by atoms with Crippen molar-refractivity contribution in [1.82, 2.24) is 10.2 Å². The minimum Gasteiger partial charge on any atom is -0.395 e. The van der Waals surface area contributed by atoms with Gasteiger partial charge in [-0.2, -0.15) is 0 Å². The Morgan fingerprint density at radius 2 is 1.88 bits per heavy atom. The van der Waals surface area contributed by atoms with E-state index in [1.807, 2.05) is 0 Å². The highest BCUT2D eigenvalue weighted by Gasteiger charge is 2.17. The summed E-state index contributed by atoms with van der Waals surface area (Å²) in [7, 11) is 0. The molecule has 1 saturated heterocycles. The minimum atomic E-state index is -0.325. The van der Waals surface area contributed by atoms with E-state index in [9.17, 15) is 10.2 Å². The number of hydrogen-bond donors (Lipinski definition) is 3. The molecule has 0 spiro atoms. The molecule has 1 rings (SSSR count). The van der Waals surface area contributed by atoms with E-state index in [-0.39, 0.29) is 18.8 Å². The lowest BCUT2D eigenvalue weighted by atomic mass is 10.0. The van der Waals surface area contributed by atoms with Crippen molar-refractivity contribution in [3.8, 4) is 0 Å². The van der Waals surface area contributed by atoms with Crippen molar-refractivity contribution in [3.05, 3.63) is 0 Å². The zero-order valence-corrected chi connectivity index (χ0v) is 11.2. The van der Waals surface area contributed by atoms with E-state index < -0.39 is 0 Å². The van der Waals surface area contributed by atoms with E-state index in [1.165, 1.54) is 12.8 Å². The van der Waals surface area contributed by atoms with Crippen molar-refractivity contribution < 1.29 is 10.2 Å². The van der Waals surface area contributed by atoms with E-state index >= 15 is 0 Å². The first-order chi connectivity index (χ1) is 8.11. The maximum Gasteiger partial charge on any atom is 0.0791 e. The Labute approximate surface area is 105 Å². The van der Waals surface area contributed by atoms with Crippen LogP contribution in [-0.2, 0) is 0 Å². The van der Waals surface area contributed by atoms with Gasteiger partial charge in [-0.1, -0.05) is 13.8 Å². The summed E-state index contributed by atoms with van der Waals surface area (Å²) in [6.07, 6.45) is 3.14. The monoisotopic (exact) mass is 244 g/mol. The second-order valence-electron chi connectivity index (χ2n) is 5.58. The van der Waals surface area contributed by atoms with Gasteiger partial charge in [-0.05, 0) is 38.3 Å². The van der Waals surface area contributed by atoms with Crippen molar-refractivity contribution >= 4 is 0 Å². The molecule has 1 fully saturated rings. The molecule has 0 aromatic rings. The largest absolute Gasteiger partial charge is 0.395 e. The molecule has 4 nitrogen and oxygen atoms in total. The van der Waals surface area contributed by atoms with Gasteiger partial charge in [0.2, 0.25) is 0 Å². The van der Waals surface area contributed by atoms with E-state index in [0.717, 1.165) is 26.1 Å². The van der Waals surface area contributed by atoms with E-state index in [2.05, 4.69) is 24.1 Å². The molecule has 0 aromatic heterocycles. The van der Waals surface area contributed by atoms with Crippen molar-refractivity contribution in [2.45, 2.75) is 45.3 Å². The summed E-state index contributed by atoms with van der Waals surface area (Å²) in [5.41, 5.74) is 0. The lowest BCUT2D eigenvalue weighted by Gasteiger charge is -2.23. The molecule has 0 amide bonds. The van der Waals surface area contributed by atoms with E-state index in [1.54, 1.807) is 0 Å². The fraction of sp³-hybridized carbons (Fsp3) is 1.00. The van der Waals surface area contributed by atoms with Gasteiger partial charge in [-0.15, -0.1) is 0 Å². The quantitative estimate of drug-likeness (QED) is 0.580. The Kier molecular flexibility index (Phi) is 7.04. The van der Waals surface area contributed by atoms with Gasteiger partial charge < -0.3 is 20.4 Å². The molecule has 102 valence electrons. The first-order valence-electron chi connectivity index (χ1n) is 6.86. The molecular formula is C13H28N2O2. The predicted octanol–water partition coefficient (Wildman–Crippen LogP) is 0.440. The van der Waals surface area contributed by atoms with Gasteiger partial charge in [-0.25, -0.2) is 0 Å². The topological polar surface area (TPSA) is 55.7 Å². The van der Waals surface area contributed by atoms with Crippen molar-refractivity contribution in [1.29, 1.82) is 0 Å². The molecule has 1 heterocycles. The molecule has 4 heteroatoms. The molecule has 0 radical (unpaired) electrons. The second-order valence-corrected chi connectivity index (χ2v) is 5.58. The third-order valence-corrected chi connectivity index (χ3v) is 3.29. The summed E-state index contributed by atoms with van der Waals surface area (Å²) in [6.45, 7) is 8.00. The molecule has 3 N–H and O–H groups in total. The highest BCUT2D eigenvalue weighted by Crippen LogP contribution is 2.08. The number of β-amino-alcohol motifs (C(OH)–C–C–N with tert-alkyl or cyclic N) is 1. The smallest absolute Gasteiger partial charge is 0.0791 e. The molecule has 0 aliphatic carbocycles. The molecule has 0 aromatic carbocycles. The maximum atomic E-state index is 9.90. The van der Waals surface area contributed by atoms with Gasteiger partial charge in [0, 0.05) is 19.1 Å². The molecule has 0 bridgehead atoms. The average molecular weight is 244 g/mol. The van der Waals surface area contributed by atoms with Gasteiger partial charge in [0.1, 0.15) is 0 Å². The van der Waals surface area contributed by atoms with Crippen LogP contribution in [0, 0.1) is 5.92 Å². The van der Waals surface area contributed by atoms with Gasteiger partial charge in [0.25, 0.3) is 0 Å². The van der Waals surface area contributed by atoms with Crippen LogP contribution in [-0.4, -0.2) is 60.0 Å². The van der Waals surface area contributed by atoms with Crippen LogP contribution < -0.4 is 5.32 Å². The first-order valence-corrected chi connectivity index (χ1v) is 6.86. The average Bonchev–Trinajstić information content (AvgIpc) is 2.76. The molecule has 0 saturated carbocycles. The van der Waals surface area contributed by atoms with Gasteiger partial charge >= 0.3 is 0 Å². The molecule has 2 atom stereocenters. The molecular weight excluding hydrogens is 216 g/mol. The fourth-order valence-corrected chi connectivity index (χ4v) is 2.42. The minimum absolute atomic E-state index is 0.114. The summed E-state index contributed by atoms with van der Waals surface area (Å²) in [5.74, 6) is 0.565. The summed E-state index contributed by atoms with van der Waals surface area (Å²) < 4.78 is 0. The van der Waals surface area contributed by atoms with Gasteiger partial charge in [0.15, 0.2) is 0 Å². The van der Waals surface area contributed by atoms with Gasteiger partial charge in [-0.3, -0.25) is 0 Å². The summed E-state index contributed by atoms with van der Waals surface area (Å²) in [5, 5.41) is 22.4. The van der Waals surface area contributed by atoms with Crippen LogP contribution in [0.15, 0.2) is 0 Å². The molecule has 1 aliphatic rings. The van der Waals surface area contributed by atoms with Crippen molar-refractivity contribution in [2.75, 3.05) is 32.8 Å². The molecule has 17 heavy (non-hydrogen) atoms. The van der Waals surface area contributed by atoms with Crippen LogP contribution in [0.3, 0.4) is 0 Å². The van der Waals surface area contributed by atoms with E-state index in [4.69, 9.17) is 0 Å². The van der Waals surface area contributed by atoms with Crippen LogP contribution in [0.25, 0.3) is 0 Å². The van der Waals surface area contributed by atoms with Gasteiger partial charge in [0.05, 0.1) is 12.7 Å². The third kappa shape index (κ3) is 6.36. The predicted molar refractivity (Wildman–Crippen MR) is 70.0 cm³/mol. The Morgan fingerprint density at radius 3 is 2.41 bits per heavy atom. The van der Waals surface area contributed by atoms with Crippen LogP contribution in [0.1, 0.15) is 33.1 Å². The maximum absolute atomic E-state index is 9.90. The summed E-state index contributed by atoms with van der Waals surface area (Å²) in [4.78, 5) is 2.31. The zero-order chi connectivity index (χ0) is 12.7. The first kappa shape index (κ1) is 14.9. The molecule has 1 aliphatic heterocycles. The second kappa shape index (κ2) is 8.03. The van der Waals surface area contributed by atoms with Crippen LogP contribution in [0.4, 0.5) is 0 Å². The van der Waals surface area contributed by atoms with Crippen molar-refractivity contribution in [2.24, 2.45) is 5.92 Å². The lowest BCUT2D eigenvalue weighted by molar-refractivity contribution is 0.113.